The number of hydrogen-bond acceptors (Lipinski definition) is 2. The van der Waals surface area contributed by atoms with Crippen molar-refractivity contribution in [2.75, 3.05) is 0 Å². The maximum atomic E-state index is 13.3. The van der Waals surface area contributed by atoms with Crippen molar-refractivity contribution in [2.45, 2.75) is 39.2 Å². The molecule has 2 nitrogen and oxygen atoms in total. The van der Waals surface area contributed by atoms with Gasteiger partial charge in [0.2, 0.25) is 0 Å². The molecule has 0 amide bonds. The van der Waals surface area contributed by atoms with Crippen LogP contribution in [0.4, 0.5) is 4.39 Å². The zero-order chi connectivity index (χ0) is 15.6. The Kier molecular flexibility index (Phi) is 4.45. The van der Waals surface area contributed by atoms with Gasteiger partial charge >= 0.3 is 0 Å². The molecule has 0 bridgehead atoms. The van der Waals surface area contributed by atoms with Crippen LogP contribution in [0.3, 0.4) is 0 Å². The summed E-state index contributed by atoms with van der Waals surface area (Å²) in [6, 6.07) is 12.9. The molecule has 21 heavy (non-hydrogen) atoms. The molecule has 1 unspecified atom stereocenters. The Morgan fingerprint density at radius 3 is 2.29 bits per heavy atom. The van der Waals surface area contributed by atoms with Gasteiger partial charge in [-0.05, 0) is 46.7 Å². The first-order valence-electron chi connectivity index (χ1n) is 7.16. The number of hydrogen-bond donors (Lipinski definition) is 2. The minimum absolute atomic E-state index is 0.0135. The molecule has 3 N–H and O–H groups in total. The van der Waals surface area contributed by atoms with Crippen molar-refractivity contribution in [2.24, 2.45) is 5.84 Å². The first kappa shape index (κ1) is 15.7. The SMILES string of the molecule is Cc1cc(F)ccc1C(NN)c1ccccc1C(C)(C)C. The second kappa shape index (κ2) is 5.96. The topological polar surface area (TPSA) is 38.0 Å². The van der Waals surface area contributed by atoms with Gasteiger partial charge in [-0.3, -0.25) is 5.84 Å². The summed E-state index contributed by atoms with van der Waals surface area (Å²) in [5, 5.41) is 0. The standard InChI is InChI=1S/C18H23FN2/c1-12-11-13(19)9-10-14(12)17(21-20)15-7-5-6-8-16(15)18(2,3)4/h5-11,17,21H,20H2,1-4H3. The lowest BCUT2D eigenvalue weighted by Crippen LogP contribution is -2.31. The van der Waals surface area contributed by atoms with Crippen molar-refractivity contribution < 1.29 is 4.39 Å². The summed E-state index contributed by atoms with van der Waals surface area (Å²) in [6.07, 6.45) is 0. The first-order valence-corrected chi connectivity index (χ1v) is 7.16. The van der Waals surface area contributed by atoms with Gasteiger partial charge in [-0.1, -0.05) is 51.1 Å². The summed E-state index contributed by atoms with van der Waals surface area (Å²) in [6.45, 7) is 8.44. The predicted molar refractivity (Wildman–Crippen MR) is 85.4 cm³/mol. The van der Waals surface area contributed by atoms with Crippen LogP contribution in [-0.2, 0) is 5.41 Å². The fourth-order valence-corrected chi connectivity index (χ4v) is 2.74. The summed E-state index contributed by atoms with van der Waals surface area (Å²) in [4.78, 5) is 0. The Hall–Kier alpha value is -1.71. The lowest BCUT2D eigenvalue weighted by atomic mass is 9.80. The Labute approximate surface area is 126 Å². The number of halogens is 1. The van der Waals surface area contributed by atoms with E-state index in [9.17, 15) is 4.39 Å². The molecular formula is C18H23FN2. The van der Waals surface area contributed by atoms with Crippen molar-refractivity contribution in [3.05, 3.63) is 70.5 Å². The highest BCUT2D eigenvalue weighted by Gasteiger charge is 2.23. The number of hydrazine groups is 1. The Morgan fingerprint density at radius 1 is 1.05 bits per heavy atom. The predicted octanol–water partition coefficient (Wildman–Crippen LogP) is 3.98. The van der Waals surface area contributed by atoms with Crippen molar-refractivity contribution in [1.29, 1.82) is 0 Å². The number of aryl methyl sites for hydroxylation is 1. The van der Waals surface area contributed by atoms with Gasteiger partial charge in [0.05, 0.1) is 6.04 Å². The molecule has 0 fully saturated rings. The van der Waals surface area contributed by atoms with Gasteiger partial charge < -0.3 is 0 Å². The second-order valence-corrected chi connectivity index (χ2v) is 6.44. The van der Waals surface area contributed by atoms with E-state index in [1.54, 1.807) is 12.1 Å². The Balaban J connectivity index is 2.57. The Morgan fingerprint density at radius 2 is 1.71 bits per heavy atom. The van der Waals surface area contributed by atoms with Crippen LogP contribution in [0.2, 0.25) is 0 Å². The molecule has 0 aliphatic rings. The average molecular weight is 286 g/mol. The summed E-state index contributed by atoms with van der Waals surface area (Å²) < 4.78 is 13.3. The molecule has 0 saturated carbocycles. The molecule has 0 aromatic heterocycles. The molecule has 2 rings (SSSR count). The number of nitrogens with two attached hydrogens (primary N) is 1. The van der Waals surface area contributed by atoms with Crippen LogP contribution in [-0.4, -0.2) is 0 Å². The van der Waals surface area contributed by atoms with Crippen LogP contribution < -0.4 is 11.3 Å². The summed E-state index contributed by atoms with van der Waals surface area (Å²) in [5.41, 5.74) is 7.14. The van der Waals surface area contributed by atoms with Crippen LogP contribution in [0, 0.1) is 12.7 Å². The van der Waals surface area contributed by atoms with E-state index in [1.165, 1.54) is 11.6 Å². The molecular weight excluding hydrogens is 263 g/mol. The van der Waals surface area contributed by atoms with E-state index in [4.69, 9.17) is 5.84 Å². The molecule has 3 heteroatoms. The molecule has 112 valence electrons. The van der Waals surface area contributed by atoms with E-state index in [-0.39, 0.29) is 17.3 Å². The zero-order valence-electron chi connectivity index (χ0n) is 13.1. The number of rotatable bonds is 3. The van der Waals surface area contributed by atoms with Gasteiger partial charge in [-0.25, -0.2) is 9.82 Å². The van der Waals surface area contributed by atoms with Crippen LogP contribution in [0.1, 0.15) is 49.1 Å². The van der Waals surface area contributed by atoms with Gasteiger partial charge in [0, 0.05) is 0 Å². The molecule has 0 aliphatic heterocycles. The smallest absolute Gasteiger partial charge is 0.123 e. The van der Waals surface area contributed by atoms with Gasteiger partial charge in [0.25, 0.3) is 0 Å². The quantitative estimate of drug-likeness (QED) is 0.661. The summed E-state index contributed by atoms with van der Waals surface area (Å²) in [5.74, 6) is 5.59. The van der Waals surface area contributed by atoms with Crippen LogP contribution in [0.25, 0.3) is 0 Å². The van der Waals surface area contributed by atoms with E-state index < -0.39 is 0 Å². The molecule has 2 aromatic rings. The first-order chi connectivity index (χ1) is 9.84. The van der Waals surface area contributed by atoms with Crippen molar-refractivity contribution in [1.82, 2.24) is 5.43 Å². The van der Waals surface area contributed by atoms with E-state index in [2.05, 4.69) is 38.3 Å². The van der Waals surface area contributed by atoms with Gasteiger partial charge in [0.1, 0.15) is 5.82 Å². The summed E-state index contributed by atoms with van der Waals surface area (Å²) >= 11 is 0. The third-order valence-electron chi connectivity index (χ3n) is 3.79. The third-order valence-corrected chi connectivity index (χ3v) is 3.79. The van der Waals surface area contributed by atoms with Crippen LogP contribution >= 0.6 is 0 Å². The summed E-state index contributed by atoms with van der Waals surface area (Å²) in [7, 11) is 0. The lowest BCUT2D eigenvalue weighted by molar-refractivity contribution is 0.556. The third kappa shape index (κ3) is 3.31. The molecule has 0 spiro atoms. The monoisotopic (exact) mass is 286 g/mol. The van der Waals surface area contributed by atoms with Crippen LogP contribution in [0.15, 0.2) is 42.5 Å². The van der Waals surface area contributed by atoms with Gasteiger partial charge in [-0.2, -0.15) is 0 Å². The fourth-order valence-electron chi connectivity index (χ4n) is 2.74. The molecule has 2 aromatic carbocycles. The van der Waals surface area contributed by atoms with E-state index in [1.807, 2.05) is 19.1 Å². The van der Waals surface area contributed by atoms with Crippen LogP contribution in [0.5, 0.6) is 0 Å². The normalized spacial score (nSPS) is 13.2. The number of nitrogens with one attached hydrogen (secondary N) is 1. The van der Waals surface area contributed by atoms with E-state index >= 15 is 0 Å². The Bertz CT molecular complexity index is 629. The van der Waals surface area contributed by atoms with Gasteiger partial charge in [-0.15, -0.1) is 0 Å². The van der Waals surface area contributed by atoms with E-state index in [0.29, 0.717) is 0 Å². The number of benzene rings is 2. The molecule has 0 heterocycles. The zero-order valence-corrected chi connectivity index (χ0v) is 13.1. The molecule has 0 radical (unpaired) electrons. The molecule has 1 atom stereocenters. The average Bonchev–Trinajstić information content (AvgIpc) is 2.41. The van der Waals surface area contributed by atoms with Crippen molar-refractivity contribution in [3.63, 3.8) is 0 Å². The second-order valence-electron chi connectivity index (χ2n) is 6.44. The highest BCUT2D eigenvalue weighted by molar-refractivity contribution is 5.43. The largest absolute Gasteiger partial charge is 0.271 e. The molecule has 0 saturated heterocycles. The van der Waals surface area contributed by atoms with Crippen molar-refractivity contribution in [3.8, 4) is 0 Å². The van der Waals surface area contributed by atoms with Crippen molar-refractivity contribution >= 4 is 0 Å². The highest BCUT2D eigenvalue weighted by Crippen LogP contribution is 2.33. The maximum Gasteiger partial charge on any atom is 0.123 e. The fraction of sp³-hybridized carbons (Fsp3) is 0.333. The highest BCUT2D eigenvalue weighted by atomic mass is 19.1. The lowest BCUT2D eigenvalue weighted by Gasteiger charge is -2.28. The minimum atomic E-state index is -0.226. The van der Waals surface area contributed by atoms with Gasteiger partial charge in [0.15, 0.2) is 0 Å². The molecule has 0 aliphatic carbocycles. The maximum absolute atomic E-state index is 13.3. The van der Waals surface area contributed by atoms with E-state index in [0.717, 1.165) is 16.7 Å². The minimum Gasteiger partial charge on any atom is -0.271 e.